The molecule has 0 aliphatic carbocycles. The van der Waals surface area contributed by atoms with Crippen molar-refractivity contribution in [3.63, 3.8) is 0 Å². The van der Waals surface area contributed by atoms with E-state index in [2.05, 4.69) is 0 Å². The van der Waals surface area contributed by atoms with Crippen molar-refractivity contribution in [1.82, 2.24) is 0 Å². The normalized spacial score (nSPS) is 58.7. The van der Waals surface area contributed by atoms with Crippen LogP contribution in [0.5, 0.6) is 0 Å². The lowest BCUT2D eigenvalue weighted by Gasteiger charge is -2.41. The molecule has 0 amide bonds. The largest absolute Gasteiger partial charge is 0.485 e. The van der Waals surface area contributed by atoms with E-state index >= 15 is 0 Å². The molecule has 6 heterocycles. The first-order chi connectivity index (χ1) is 9.30. The molecule has 0 aromatic heterocycles. The van der Waals surface area contributed by atoms with E-state index in [4.69, 9.17) is 38.6 Å². The summed E-state index contributed by atoms with van der Waals surface area (Å²) in [5.74, 6) is -5.36. The fourth-order valence-corrected chi connectivity index (χ4v) is 6.34. The minimum Gasteiger partial charge on any atom is -0.330 e. The van der Waals surface area contributed by atoms with Gasteiger partial charge in [-0.1, -0.05) is 6.42 Å². The van der Waals surface area contributed by atoms with E-state index in [-0.39, 0.29) is 6.42 Å². The Labute approximate surface area is 114 Å². The lowest BCUT2D eigenvalue weighted by atomic mass is 9.96. The number of unbranched alkanes of at least 4 members (excludes halogenated alkanes) is 2. The quantitative estimate of drug-likeness (QED) is 0.551. The second kappa shape index (κ2) is 3.72. The topological polar surface area (TPSA) is 142 Å². The Kier molecular flexibility index (Phi) is 2.56. The zero-order chi connectivity index (χ0) is 14.3. The first kappa shape index (κ1) is 13.8. The predicted octanol–water partition coefficient (Wildman–Crippen LogP) is 0.881. The second-order valence-electron chi connectivity index (χ2n) is 5.08. The van der Waals surface area contributed by atoms with Gasteiger partial charge in [-0.3, -0.25) is 5.73 Å². The Morgan fingerprint density at radius 2 is 1.45 bits per heavy atom. The highest BCUT2D eigenvalue weighted by Gasteiger charge is 2.96. The molecule has 6 aliphatic heterocycles. The van der Waals surface area contributed by atoms with Crippen LogP contribution in [0.15, 0.2) is 0 Å². The first-order valence-corrected chi connectivity index (χ1v) is 9.16. The Hall–Kier alpha value is 0.140. The molecule has 1 unspecified atom stereocenters. The predicted molar refractivity (Wildman–Crippen MR) is 61.6 cm³/mol. The Balaban J connectivity index is 1.60. The molecule has 6 aliphatic rings. The summed E-state index contributed by atoms with van der Waals surface area (Å²) in [6.45, 7) is 0.563. The van der Waals surface area contributed by atoms with E-state index in [1.165, 1.54) is 0 Å². The zero-order valence-electron chi connectivity index (χ0n) is 10.4. The van der Waals surface area contributed by atoms with E-state index in [9.17, 15) is 9.13 Å². The lowest BCUT2D eigenvalue weighted by Crippen LogP contribution is -2.69. The average Bonchev–Trinajstić information content (AvgIpc) is 2.82. The Bertz CT molecular complexity index is 545. The van der Waals surface area contributed by atoms with Crippen molar-refractivity contribution in [3.8, 4) is 0 Å². The summed E-state index contributed by atoms with van der Waals surface area (Å²) in [6.07, 6.45) is 2.55. The van der Waals surface area contributed by atoms with Gasteiger partial charge in [0, 0.05) is 6.42 Å². The van der Waals surface area contributed by atoms with Crippen molar-refractivity contribution in [1.29, 1.82) is 0 Å². The average molecular weight is 328 g/mol. The van der Waals surface area contributed by atoms with E-state index in [1.807, 2.05) is 0 Å². The highest BCUT2D eigenvalue weighted by atomic mass is 31.2. The van der Waals surface area contributed by atoms with Crippen LogP contribution in [0.1, 0.15) is 25.7 Å². The van der Waals surface area contributed by atoms with Crippen LogP contribution in [0.2, 0.25) is 0 Å². The minimum atomic E-state index is -3.76. The number of phosphoric acid groups is 2. The van der Waals surface area contributed by atoms with E-state index in [0.717, 1.165) is 12.8 Å². The molecule has 0 saturated carbocycles. The third-order valence-corrected chi connectivity index (χ3v) is 6.65. The van der Waals surface area contributed by atoms with Crippen molar-refractivity contribution < 1.29 is 36.3 Å². The standard InChI is InChI=1S/C8H14N2O8P2/c9-5-3-1-2-4-6-7(15-19(11,13-6)14-6)8(10)17-20(12,16-7)18-8/h1-5,9-10H2. The number of nitrogens with two attached hydrogens (primary N) is 2. The van der Waals surface area contributed by atoms with Crippen molar-refractivity contribution in [3.05, 3.63) is 0 Å². The molecule has 4 bridgehead atoms. The molecule has 6 saturated heterocycles. The highest BCUT2D eigenvalue weighted by molar-refractivity contribution is 7.51. The van der Waals surface area contributed by atoms with Crippen molar-refractivity contribution in [2.24, 2.45) is 11.5 Å². The van der Waals surface area contributed by atoms with E-state index < -0.39 is 33.1 Å². The molecule has 0 aromatic rings. The maximum absolute atomic E-state index is 11.9. The molecular weight excluding hydrogens is 314 g/mol. The molecule has 12 heteroatoms. The summed E-state index contributed by atoms with van der Waals surface area (Å²) in [6, 6.07) is 0. The van der Waals surface area contributed by atoms with E-state index in [0.29, 0.717) is 13.0 Å². The molecule has 4 N–H and O–H groups in total. The third-order valence-electron chi connectivity index (χ3n) is 3.66. The summed E-state index contributed by atoms with van der Waals surface area (Å²) in [4.78, 5) is 0. The van der Waals surface area contributed by atoms with Gasteiger partial charge < -0.3 is 5.73 Å². The monoisotopic (exact) mass is 328 g/mol. The second-order valence-corrected chi connectivity index (χ2v) is 7.96. The molecule has 0 radical (unpaired) electrons. The molecule has 0 aromatic carbocycles. The Morgan fingerprint density at radius 1 is 0.850 bits per heavy atom. The van der Waals surface area contributed by atoms with Crippen LogP contribution in [-0.2, 0) is 36.3 Å². The number of phosphoric ester groups is 2. The van der Waals surface area contributed by atoms with Gasteiger partial charge in [0.15, 0.2) is 0 Å². The van der Waals surface area contributed by atoms with Gasteiger partial charge in [-0.2, -0.15) is 0 Å². The van der Waals surface area contributed by atoms with Gasteiger partial charge in [0.25, 0.3) is 5.79 Å². The summed E-state index contributed by atoms with van der Waals surface area (Å²) in [5, 5.41) is 0. The molecular formula is C8H14N2O8P2. The fourth-order valence-electron chi connectivity index (χ4n) is 2.82. The van der Waals surface area contributed by atoms with Gasteiger partial charge in [-0.25, -0.2) is 36.3 Å². The van der Waals surface area contributed by atoms with Crippen LogP contribution >= 0.6 is 15.6 Å². The van der Waals surface area contributed by atoms with Gasteiger partial charge in [0.1, 0.15) is 0 Å². The van der Waals surface area contributed by atoms with Crippen LogP contribution in [-0.4, -0.2) is 24.0 Å². The third kappa shape index (κ3) is 1.43. The van der Waals surface area contributed by atoms with Crippen LogP contribution in [0.25, 0.3) is 0 Å². The Morgan fingerprint density at radius 3 is 1.95 bits per heavy atom. The van der Waals surface area contributed by atoms with Crippen LogP contribution in [0.3, 0.4) is 0 Å². The smallest absolute Gasteiger partial charge is 0.330 e. The van der Waals surface area contributed by atoms with Crippen molar-refractivity contribution in [2.75, 3.05) is 6.54 Å². The van der Waals surface area contributed by atoms with Crippen molar-refractivity contribution >= 4 is 15.6 Å². The number of rotatable bonds is 5. The minimum absolute atomic E-state index is 0.280. The molecule has 10 nitrogen and oxygen atoms in total. The number of hydrogen-bond donors (Lipinski definition) is 2. The summed E-state index contributed by atoms with van der Waals surface area (Å²) < 4.78 is 54.4. The maximum Gasteiger partial charge on any atom is 0.485 e. The maximum atomic E-state index is 11.9. The summed E-state index contributed by atoms with van der Waals surface area (Å²) in [5.41, 5.74) is 11.2. The first-order valence-electron chi connectivity index (χ1n) is 6.24. The molecule has 20 heavy (non-hydrogen) atoms. The van der Waals surface area contributed by atoms with Crippen LogP contribution < -0.4 is 11.5 Å². The molecule has 1 atom stereocenters. The highest BCUT2D eigenvalue weighted by Crippen LogP contribution is 2.89. The molecule has 6 fully saturated rings. The van der Waals surface area contributed by atoms with Gasteiger partial charge in [0.05, 0.1) is 0 Å². The SMILES string of the molecule is NCCCCCC12OP(=O)(O1)OC21OP2(=O)OC1(N)O2. The summed E-state index contributed by atoms with van der Waals surface area (Å²) >= 11 is 0. The van der Waals surface area contributed by atoms with Crippen molar-refractivity contribution in [2.45, 2.75) is 43.2 Å². The van der Waals surface area contributed by atoms with Gasteiger partial charge in [-0.15, -0.1) is 0 Å². The van der Waals surface area contributed by atoms with Gasteiger partial charge in [-0.05, 0) is 19.4 Å². The molecule has 114 valence electrons. The van der Waals surface area contributed by atoms with Crippen LogP contribution in [0.4, 0.5) is 0 Å². The molecule has 1 spiro atoms. The summed E-state index contributed by atoms with van der Waals surface area (Å²) in [7, 11) is -7.49. The molecule has 6 rings (SSSR count). The fraction of sp³-hybridized carbons (Fsp3) is 1.00. The van der Waals surface area contributed by atoms with E-state index in [1.54, 1.807) is 0 Å². The van der Waals surface area contributed by atoms with Gasteiger partial charge >= 0.3 is 27.3 Å². The van der Waals surface area contributed by atoms with Crippen LogP contribution in [0, 0.1) is 0 Å². The number of hydrogen-bond acceptors (Lipinski definition) is 10. The lowest BCUT2D eigenvalue weighted by molar-refractivity contribution is -0.340. The van der Waals surface area contributed by atoms with Gasteiger partial charge in [0.2, 0.25) is 0 Å². The zero-order valence-corrected chi connectivity index (χ0v) is 12.1.